The fourth-order valence-corrected chi connectivity index (χ4v) is 6.33. The van der Waals surface area contributed by atoms with Gasteiger partial charge in [-0.1, -0.05) is 54.6 Å². The molecule has 43 heavy (non-hydrogen) atoms. The van der Waals surface area contributed by atoms with E-state index >= 15 is 0 Å². The third-order valence-corrected chi connectivity index (χ3v) is 8.62. The fourth-order valence-electron chi connectivity index (χ4n) is 6.33. The zero-order chi connectivity index (χ0) is 30.3. The second kappa shape index (κ2) is 18.7. The molecule has 1 N–H and O–H groups in total. The molecule has 240 valence electrons. The molecule has 3 aliphatic rings. The standard InChI is InChI=1S/C36H54O7/c1-27(2)41-34(38)17-9-4-3-8-16-30-31(33(26-32(30)37)43-36-19-11-13-25-40-36)23-22-29(42-35-18-10-12-24-39-35)21-20-28-14-6-5-7-15-28/h3,5-8,14-15,22-23,27,29-33,35-37H,4,9-13,16-21,24-26H2,1-2H3/b8-3-,23-22+/t29-,30+,31+,32-,33-,35?,36?/m0/s1. The van der Waals surface area contributed by atoms with Gasteiger partial charge in [-0.15, -0.1) is 0 Å². The van der Waals surface area contributed by atoms with Crippen LogP contribution in [-0.2, 0) is 34.9 Å². The maximum Gasteiger partial charge on any atom is 0.306 e. The number of aryl methyl sites for hydroxylation is 1. The molecule has 7 heteroatoms. The number of benzene rings is 1. The third kappa shape index (κ3) is 12.1. The maximum atomic E-state index is 11.8. The van der Waals surface area contributed by atoms with E-state index in [9.17, 15) is 9.90 Å². The van der Waals surface area contributed by atoms with Crippen molar-refractivity contribution < 1.29 is 33.6 Å². The summed E-state index contributed by atoms with van der Waals surface area (Å²) in [5, 5.41) is 11.2. The Labute approximate surface area is 259 Å². The van der Waals surface area contributed by atoms with E-state index in [0.717, 1.165) is 83.8 Å². The molecule has 2 unspecified atom stereocenters. The summed E-state index contributed by atoms with van der Waals surface area (Å²) in [4.78, 5) is 11.8. The normalized spacial score (nSPS) is 29.0. The number of carbonyl (C=O) groups excluding carboxylic acids is 1. The number of esters is 1. The average Bonchev–Trinajstić information content (AvgIpc) is 3.30. The lowest BCUT2D eigenvalue weighted by atomic mass is 9.89. The molecule has 1 aromatic rings. The Hall–Kier alpha value is -2.03. The zero-order valence-corrected chi connectivity index (χ0v) is 26.3. The molecule has 0 amide bonds. The lowest BCUT2D eigenvalue weighted by molar-refractivity contribution is -0.193. The molecule has 1 saturated carbocycles. The molecular formula is C36H54O7. The van der Waals surface area contributed by atoms with Crippen LogP contribution < -0.4 is 0 Å². The number of allylic oxidation sites excluding steroid dienone is 2. The van der Waals surface area contributed by atoms with Crippen LogP contribution in [0.15, 0.2) is 54.6 Å². The number of aliphatic hydroxyl groups excluding tert-OH is 1. The largest absolute Gasteiger partial charge is 0.463 e. The van der Waals surface area contributed by atoms with Crippen LogP contribution in [0.1, 0.15) is 96.5 Å². The van der Waals surface area contributed by atoms with E-state index < -0.39 is 6.10 Å². The first-order valence-corrected chi connectivity index (χ1v) is 16.8. The van der Waals surface area contributed by atoms with E-state index in [-0.39, 0.29) is 48.7 Å². The van der Waals surface area contributed by atoms with E-state index in [0.29, 0.717) is 12.8 Å². The summed E-state index contributed by atoms with van der Waals surface area (Å²) in [7, 11) is 0. The number of hydrogen-bond acceptors (Lipinski definition) is 7. The van der Waals surface area contributed by atoms with Gasteiger partial charge in [0.15, 0.2) is 12.6 Å². The van der Waals surface area contributed by atoms with Gasteiger partial charge in [0, 0.05) is 32.0 Å². The summed E-state index contributed by atoms with van der Waals surface area (Å²) in [6.07, 6.45) is 18.9. The van der Waals surface area contributed by atoms with Crippen molar-refractivity contribution in [3.8, 4) is 0 Å². The second-order valence-electron chi connectivity index (χ2n) is 12.5. The van der Waals surface area contributed by atoms with Gasteiger partial charge in [0.25, 0.3) is 0 Å². The van der Waals surface area contributed by atoms with E-state index in [1.54, 1.807) is 0 Å². The Morgan fingerprint density at radius 2 is 1.77 bits per heavy atom. The van der Waals surface area contributed by atoms with Crippen molar-refractivity contribution in [1.82, 2.24) is 0 Å². The van der Waals surface area contributed by atoms with Crippen molar-refractivity contribution in [2.24, 2.45) is 11.8 Å². The van der Waals surface area contributed by atoms with Gasteiger partial charge in [-0.05, 0) is 96.0 Å². The number of carbonyl (C=O) groups is 1. The highest BCUT2D eigenvalue weighted by Crippen LogP contribution is 2.39. The van der Waals surface area contributed by atoms with E-state index in [4.69, 9.17) is 23.7 Å². The fraction of sp³-hybridized carbons (Fsp3) is 0.694. The van der Waals surface area contributed by atoms with Gasteiger partial charge in [0.2, 0.25) is 0 Å². The van der Waals surface area contributed by atoms with Gasteiger partial charge < -0.3 is 28.8 Å². The SMILES string of the molecule is CC(C)OC(=O)CCC/C=C\C[C@@H]1[C@@H](/C=C/[C@H](CCc2ccccc2)OC2CCCCO2)[C@@H](OC2CCCCO2)C[C@@H]1O. The first-order valence-electron chi connectivity index (χ1n) is 16.8. The Kier molecular flexibility index (Phi) is 14.7. The Morgan fingerprint density at radius 3 is 2.47 bits per heavy atom. The molecule has 3 fully saturated rings. The second-order valence-corrected chi connectivity index (χ2v) is 12.5. The number of rotatable bonds is 16. The lowest BCUT2D eigenvalue weighted by Gasteiger charge is -2.30. The molecule has 7 atom stereocenters. The number of aliphatic hydroxyl groups is 1. The summed E-state index contributed by atoms with van der Waals surface area (Å²) < 4.78 is 30.1. The minimum Gasteiger partial charge on any atom is -0.463 e. The highest BCUT2D eigenvalue weighted by atomic mass is 16.7. The summed E-state index contributed by atoms with van der Waals surface area (Å²) in [6, 6.07) is 10.5. The minimum absolute atomic E-state index is 0.0349. The van der Waals surface area contributed by atoms with E-state index in [1.807, 2.05) is 19.9 Å². The van der Waals surface area contributed by atoms with Crippen LogP contribution >= 0.6 is 0 Å². The van der Waals surface area contributed by atoms with Gasteiger partial charge in [-0.3, -0.25) is 4.79 Å². The Balaban J connectivity index is 1.41. The van der Waals surface area contributed by atoms with Gasteiger partial charge in [0.1, 0.15) is 0 Å². The minimum atomic E-state index is -0.459. The van der Waals surface area contributed by atoms with Crippen LogP contribution in [0.25, 0.3) is 0 Å². The third-order valence-electron chi connectivity index (χ3n) is 8.62. The topological polar surface area (TPSA) is 83.5 Å². The lowest BCUT2D eigenvalue weighted by Crippen LogP contribution is -2.31. The van der Waals surface area contributed by atoms with Crippen LogP contribution in [0, 0.1) is 11.8 Å². The summed E-state index contributed by atoms with van der Waals surface area (Å²) >= 11 is 0. The van der Waals surface area contributed by atoms with Crippen molar-refractivity contribution in [3.05, 3.63) is 60.2 Å². The maximum absolute atomic E-state index is 11.8. The van der Waals surface area contributed by atoms with Crippen LogP contribution in [0.3, 0.4) is 0 Å². The van der Waals surface area contributed by atoms with Gasteiger partial charge in [-0.25, -0.2) is 0 Å². The van der Waals surface area contributed by atoms with Crippen LogP contribution in [0.5, 0.6) is 0 Å². The van der Waals surface area contributed by atoms with Crippen LogP contribution in [0.4, 0.5) is 0 Å². The van der Waals surface area contributed by atoms with Gasteiger partial charge >= 0.3 is 5.97 Å². The first-order chi connectivity index (χ1) is 21.0. The predicted molar refractivity (Wildman–Crippen MR) is 167 cm³/mol. The Bertz CT molecular complexity index is 965. The van der Waals surface area contributed by atoms with E-state index in [2.05, 4.69) is 48.6 Å². The van der Waals surface area contributed by atoms with Crippen molar-refractivity contribution >= 4 is 5.97 Å². The van der Waals surface area contributed by atoms with Crippen molar-refractivity contribution in [1.29, 1.82) is 0 Å². The number of ether oxygens (including phenoxy) is 5. The molecule has 2 heterocycles. The summed E-state index contributed by atoms with van der Waals surface area (Å²) in [6.45, 7) is 5.22. The van der Waals surface area contributed by atoms with Gasteiger partial charge in [0.05, 0.1) is 24.4 Å². The molecule has 2 aliphatic heterocycles. The molecule has 0 radical (unpaired) electrons. The highest BCUT2D eigenvalue weighted by molar-refractivity contribution is 5.69. The van der Waals surface area contributed by atoms with Crippen LogP contribution in [0.2, 0.25) is 0 Å². The van der Waals surface area contributed by atoms with E-state index in [1.165, 1.54) is 5.56 Å². The summed E-state index contributed by atoms with van der Waals surface area (Å²) in [5.74, 6) is -0.0681. The summed E-state index contributed by atoms with van der Waals surface area (Å²) in [5.41, 5.74) is 1.29. The number of hydrogen-bond donors (Lipinski definition) is 1. The molecule has 0 bridgehead atoms. The van der Waals surface area contributed by atoms with Crippen molar-refractivity contribution in [2.45, 2.75) is 134 Å². The van der Waals surface area contributed by atoms with Crippen molar-refractivity contribution in [2.75, 3.05) is 13.2 Å². The molecule has 2 saturated heterocycles. The molecular weight excluding hydrogens is 544 g/mol. The molecule has 7 nitrogen and oxygen atoms in total. The number of unbranched alkanes of at least 4 members (excludes halogenated alkanes) is 1. The van der Waals surface area contributed by atoms with Crippen LogP contribution in [-0.4, -0.2) is 61.3 Å². The monoisotopic (exact) mass is 598 g/mol. The molecule has 1 aromatic carbocycles. The average molecular weight is 599 g/mol. The molecule has 0 spiro atoms. The smallest absolute Gasteiger partial charge is 0.306 e. The quantitative estimate of drug-likeness (QED) is 0.124. The predicted octanol–water partition coefficient (Wildman–Crippen LogP) is 7.06. The molecule has 0 aromatic heterocycles. The highest BCUT2D eigenvalue weighted by Gasteiger charge is 2.42. The molecule has 1 aliphatic carbocycles. The van der Waals surface area contributed by atoms with Crippen molar-refractivity contribution in [3.63, 3.8) is 0 Å². The van der Waals surface area contributed by atoms with Gasteiger partial charge in [-0.2, -0.15) is 0 Å². The molecule has 4 rings (SSSR count). The Morgan fingerprint density at radius 1 is 1.02 bits per heavy atom. The zero-order valence-electron chi connectivity index (χ0n) is 26.3. The first kappa shape index (κ1) is 33.9.